The minimum Gasteiger partial charge on any atom is -0.294 e. The molecule has 0 bridgehead atoms. The van der Waals surface area contributed by atoms with Crippen molar-refractivity contribution in [2.45, 2.75) is 78.1 Å². The summed E-state index contributed by atoms with van der Waals surface area (Å²) in [6, 6.07) is 18.1. The van der Waals surface area contributed by atoms with Gasteiger partial charge >= 0.3 is 0 Å². The summed E-state index contributed by atoms with van der Waals surface area (Å²) < 4.78 is 2.15. The highest BCUT2D eigenvalue weighted by atomic mass is 32.2. The van der Waals surface area contributed by atoms with Gasteiger partial charge in [-0.15, -0.1) is 0 Å². The van der Waals surface area contributed by atoms with Gasteiger partial charge in [-0.3, -0.25) is 5.43 Å². The Morgan fingerprint density at radius 2 is 1.24 bits per heavy atom. The highest BCUT2D eigenvalue weighted by molar-refractivity contribution is 8.09. The Bertz CT molecular complexity index is 749. The third-order valence-electron chi connectivity index (χ3n) is 5.55. The highest BCUT2D eigenvalue weighted by Gasteiger charge is 2.17. The number of nitrogens with zero attached hydrogens (tertiary/aromatic N) is 1. The Hall–Kier alpha value is -1.87. The molecular formula is C26H36N2S. The second kappa shape index (κ2) is 12.0. The average Bonchev–Trinajstić information content (AvgIpc) is 3.25. The SMILES string of the molecule is CCCCCCCc1ccc(C2=CNN(c3ccc(CCCCC)cc3)S2)cc1. The molecule has 2 aromatic rings. The van der Waals surface area contributed by atoms with Crippen LogP contribution in [0.2, 0.25) is 0 Å². The topological polar surface area (TPSA) is 15.3 Å². The molecule has 1 N–H and O–H groups in total. The van der Waals surface area contributed by atoms with Crippen molar-refractivity contribution in [2.75, 3.05) is 4.41 Å². The Labute approximate surface area is 181 Å². The normalized spacial score (nSPS) is 13.4. The number of hydrazine groups is 1. The predicted octanol–water partition coefficient (Wildman–Crippen LogP) is 7.90. The second-order valence-electron chi connectivity index (χ2n) is 8.01. The molecule has 0 unspecified atom stereocenters. The minimum absolute atomic E-state index is 1.18. The number of benzene rings is 2. The molecule has 0 saturated heterocycles. The van der Waals surface area contributed by atoms with Gasteiger partial charge < -0.3 is 0 Å². The molecule has 1 aliphatic rings. The lowest BCUT2D eigenvalue weighted by Crippen LogP contribution is -2.22. The van der Waals surface area contributed by atoms with Crippen molar-refractivity contribution in [3.05, 3.63) is 71.4 Å². The van der Waals surface area contributed by atoms with E-state index in [4.69, 9.17) is 0 Å². The maximum Gasteiger partial charge on any atom is 0.0704 e. The smallest absolute Gasteiger partial charge is 0.0704 e. The Kier molecular flexibility index (Phi) is 9.01. The van der Waals surface area contributed by atoms with E-state index < -0.39 is 0 Å². The van der Waals surface area contributed by atoms with Gasteiger partial charge in [0.25, 0.3) is 0 Å². The molecule has 2 nitrogen and oxygen atoms in total. The first-order valence-corrected chi connectivity index (χ1v) is 12.2. The Balaban J connectivity index is 1.47. The van der Waals surface area contributed by atoms with E-state index in [1.54, 1.807) is 11.9 Å². The van der Waals surface area contributed by atoms with Crippen LogP contribution in [0, 0.1) is 0 Å². The van der Waals surface area contributed by atoms with Crippen LogP contribution in [0.25, 0.3) is 4.91 Å². The summed E-state index contributed by atoms with van der Waals surface area (Å²) >= 11 is 1.76. The molecule has 1 aliphatic heterocycles. The van der Waals surface area contributed by atoms with Crippen molar-refractivity contribution in [3.63, 3.8) is 0 Å². The van der Waals surface area contributed by atoms with Crippen LogP contribution in [0.5, 0.6) is 0 Å². The van der Waals surface area contributed by atoms with Crippen LogP contribution in [0.1, 0.15) is 81.9 Å². The molecule has 0 amide bonds. The van der Waals surface area contributed by atoms with E-state index in [-0.39, 0.29) is 0 Å². The van der Waals surface area contributed by atoms with Crippen LogP contribution in [0.15, 0.2) is 54.7 Å². The van der Waals surface area contributed by atoms with E-state index in [1.165, 1.54) is 91.5 Å². The van der Waals surface area contributed by atoms with Crippen LogP contribution >= 0.6 is 11.9 Å². The summed E-state index contributed by atoms with van der Waals surface area (Å²) in [7, 11) is 0. The van der Waals surface area contributed by atoms with Gasteiger partial charge in [0.1, 0.15) is 0 Å². The molecule has 0 atom stereocenters. The van der Waals surface area contributed by atoms with Gasteiger partial charge in [-0.25, -0.2) is 4.41 Å². The Morgan fingerprint density at radius 1 is 0.690 bits per heavy atom. The zero-order valence-corrected chi connectivity index (χ0v) is 18.9. The van der Waals surface area contributed by atoms with Crippen LogP contribution in [-0.4, -0.2) is 0 Å². The maximum absolute atomic E-state index is 3.40. The molecule has 0 spiro atoms. The molecular weight excluding hydrogens is 372 g/mol. The Morgan fingerprint density at radius 3 is 1.90 bits per heavy atom. The van der Waals surface area contributed by atoms with Crippen molar-refractivity contribution in [1.29, 1.82) is 0 Å². The van der Waals surface area contributed by atoms with Crippen LogP contribution in [-0.2, 0) is 12.8 Å². The van der Waals surface area contributed by atoms with Gasteiger partial charge in [-0.2, -0.15) is 0 Å². The second-order valence-corrected chi connectivity index (χ2v) is 9.00. The number of hydrogen-bond donors (Lipinski definition) is 1. The summed E-state index contributed by atoms with van der Waals surface area (Å²) in [5.41, 5.74) is 8.77. The molecule has 0 saturated carbocycles. The third kappa shape index (κ3) is 6.85. The molecule has 156 valence electrons. The number of anilines is 1. The molecule has 1 heterocycles. The number of nitrogens with one attached hydrogen (secondary N) is 1. The van der Waals surface area contributed by atoms with E-state index in [0.29, 0.717) is 0 Å². The molecule has 0 radical (unpaired) electrons. The lowest BCUT2D eigenvalue weighted by molar-refractivity contribution is 0.632. The summed E-state index contributed by atoms with van der Waals surface area (Å²) in [6.07, 6.45) is 15.1. The molecule has 3 heteroatoms. The van der Waals surface area contributed by atoms with Gasteiger partial charge in [0.2, 0.25) is 0 Å². The van der Waals surface area contributed by atoms with Gasteiger partial charge in [-0.05, 0) is 54.5 Å². The first kappa shape index (κ1) is 21.8. The van der Waals surface area contributed by atoms with E-state index in [9.17, 15) is 0 Å². The number of rotatable bonds is 12. The first-order valence-electron chi connectivity index (χ1n) is 11.4. The van der Waals surface area contributed by atoms with Gasteiger partial charge in [0.15, 0.2) is 0 Å². The molecule has 0 aliphatic carbocycles. The van der Waals surface area contributed by atoms with Gasteiger partial charge in [0.05, 0.1) is 10.6 Å². The maximum atomic E-state index is 3.40. The standard InChI is InChI=1S/C26H36N2S/c1-3-5-7-8-10-12-22-13-17-24(18-14-22)26-21-27-28(29-26)25-19-15-23(16-20-25)11-9-6-4-2/h13-21,27H,3-12H2,1-2H3. The number of unbranched alkanes of at least 4 members (excludes halogenated alkanes) is 6. The molecule has 0 aromatic heterocycles. The largest absolute Gasteiger partial charge is 0.294 e. The van der Waals surface area contributed by atoms with E-state index in [1.807, 2.05) is 0 Å². The van der Waals surface area contributed by atoms with Crippen LogP contribution < -0.4 is 9.84 Å². The van der Waals surface area contributed by atoms with Crippen molar-refractivity contribution in [3.8, 4) is 0 Å². The van der Waals surface area contributed by atoms with E-state index in [0.717, 1.165) is 0 Å². The van der Waals surface area contributed by atoms with Crippen LogP contribution in [0.3, 0.4) is 0 Å². The fourth-order valence-electron chi connectivity index (χ4n) is 3.68. The lowest BCUT2D eigenvalue weighted by Gasteiger charge is -2.17. The summed E-state index contributed by atoms with van der Waals surface area (Å²) in [4.78, 5) is 1.27. The molecule has 3 rings (SSSR count). The van der Waals surface area contributed by atoms with E-state index in [2.05, 4.69) is 78.4 Å². The number of aryl methyl sites for hydroxylation is 2. The van der Waals surface area contributed by atoms with Gasteiger partial charge in [0, 0.05) is 18.1 Å². The lowest BCUT2D eigenvalue weighted by atomic mass is 10.0. The van der Waals surface area contributed by atoms with Crippen molar-refractivity contribution in [2.24, 2.45) is 0 Å². The fraction of sp³-hybridized carbons (Fsp3) is 0.462. The first-order chi connectivity index (χ1) is 14.3. The summed E-state index contributed by atoms with van der Waals surface area (Å²) in [5, 5.41) is 0. The van der Waals surface area contributed by atoms with E-state index >= 15 is 0 Å². The summed E-state index contributed by atoms with van der Waals surface area (Å²) in [5.74, 6) is 0. The zero-order chi connectivity index (χ0) is 20.3. The average molecular weight is 409 g/mol. The highest BCUT2D eigenvalue weighted by Crippen LogP contribution is 2.36. The van der Waals surface area contributed by atoms with Crippen molar-refractivity contribution < 1.29 is 0 Å². The monoisotopic (exact) mass is 408 g/mol. The summed E-state index contributed by atoms with van der Waals surface area (Å²) in [6.45, 7) is 4.53. The molecule has 0 fully saturated rings. The van der Waals surface area contributed by atoms with Crippen molar-refractivity contribution in [1.82, 2.24) is 5.43 Å². The minimum atomic E-state index is 1.18. The fourth-order valence-corrected chi connectivity index (χ4v) is 4.55. The number of hydrogen-bond acceptors (Lipinski definition) is 3. The third-order valence-corrected chi connectivity index (χ3v) is 6.60. The van der Waals surface area contributed by atoms with Crippen LogP contribution in [0.4, 0.5) is 5.69 Å². The zero-order valence-electron chi connectivity index (χ0n) is 18.1. The molecule has 2 aromatic carbocycles. The van der Waals surface area contributed by atoms with Crippen molar-refractivity contribution >= 4 is 22.5 Å². The van der Waals surface area contributed by atoms with Gasteiger partial charge in [-0.1, -0.05) is 88.8 Å². The predicted molar refractivity (Wildman–Crippen MR) is 130 cm³/mol. The molecule has 29 heavy (non-hydrogen) atoms. The quantitative estimate of drug-likeness (QED) is 0.284.